The van der Waals surface area contributed by atoms with Crippen LogP contribution < -0.4 is 16.0 Å². The molecule has 0 atom stereocenters. The molecule has 0 spiro atoms. The molecule has 0 aliphatic carbocycles. The number of nitrogens with zero attached hydrogens (tertiary/aromatic N) is 3. The second-order valence-electron chi connectivity index (χ2n) is 9.23. The van der Waals surface area contributed by atoms with Crippen LogP contribution in [0.4, 0.5) is 20.5 Å². The van der Waals surface area contributed by atoms with Gasteiger partial charge in [-0.1, -0.05) is 35.9 Å². The van der Waals surface area contributed by atoms with E-state index in [1.165, 1.54) is 6.07 Å². The van der Waals surface area contributed by atoms with E-state index < -0.39 is 22.1 Å². The van der Waals surface area contributed by atoms with Crippen LogP contribution in [0.3, 0.4) is 0 Å². The molecule has 3 aromatic rings. The van der Waals surface area contributed by atoms with Crippen LogP contribution in [0.2, 0.25) is 0 Å². The van der Waals surface area contributed by atoms with Gasteiger partial charge in [-0.25, -0.2) is 13.8 Å². The Hall–Kier alpha value is -2.53. The molecule has 0 bridgehead atoms. The van der Waals surface area contributed by atoms with Crippen molar-refractivity contribution in [3.63, 3.8) is 0 Å². The summed E-state index contributed by atoms with van der Waals surface area (Å²) in [6.07, 6.45) is -0.328. The number of rotatable bonds is 4. The summed E-state index contributed by atoms with van der Waals surface area (Å²) in [6.45, 7) is 2.67. The summed E-state index contributed by atoms with van der Waals surface area (Å²) in [7, 11) is -2.59. The van der Waals surface area contributed by atoms with E-state index in [4.69, 9.17) is 10.7 Å². The summed E-state index contributed by atoms with van der Waals surface area (Å²) in [5.74, 6) is -1.72. The van der Waals surface area contributed by atoms with Gasteiger partial charge in [-0.05, 0) is 24.6 Å². The van der Waals surface area contributed by atoms with Gasteiger partial charge in [0.25, 0.3) is 5.92 Å². The average molecular weight is 476 g/mol. The standard InChI is InChI=1S/C23H27F2N5O2S/c1-15-6-7-19-17(10-15)20(27-12-22(26)13-33(31,32)14-22)29-21(28-19)30-9-8-23(24,25)18-5-3-2-4-16(18)11-30/h2-7,10,31-32H,8-9,11-14,26H2,1H3,(H,27,28,29). The third-order valence-corrected chi connectivity index (χ3v) is 8.31. The highest BCUT2D eigenvalue weighted by atomic mass is 32.3. The van der Waals surface area contributed by atoms with Crippen LogP contribution in [0.1, 0.15) is 23.1 Å². The molecule has 5 N–H and O–H groups in total. The zero-order chi connectivity index (χ0) is 23.4. The number of aromatic nitrogens is 2. The molecule has 2 aliphatic heterocycles. The monoisotopic (exact) mass is 475 g/mol. The average Bonchev–Trinajstić information content (AvgIpc) is 2.87. The lowest BCUT2D eigenvalue weighted by Gasteiger charge is -2.53. The van der Waals surface area contributed by atoms with Gasteiger partial charge in [0.05, 0.1) is 22.6 Å². The van der Waals surface area contributed by atoms with Crippen LogP contribution in [-0.2, 0) is 12.5 Å². The molecule has 5 rings (SSSR count). The SMILES string of the molecule is Cc1ccc2nc(N3CCC(F)(F)c4ccccc4C3)nc(NCC3(N)CS(O)(O)C3)c2c1. The minimum Gasteiger partial charge on any atom is -0.367 e. The first-order valence-corrected chi connectivity index (χ1v) is 12.7. The highest BCUT2D eigenvalue weighted by Gasteiger charge is 2.45. The van der Waals surface area contributed by atoms with Gasteiger partial charge in [-0.15, -0.1) is 0 Å². The van der Waals surface area contributed by atoms with Crippen molar-refractivity contribution in [3.8, 4) is 0 Å². The predicted molar refractivity (Wildman–Crippen MR) is 128 cm³/mol. The molecule has 33 heavy (non-hydrogen) atoms. The molecule has 2 aromatic carbocycles. The molecule has 10 heteroatoms. The van der Waals surface area contributed by atoms with E-state index in [9.17, 15) is 17.9 Å². The molecule has 3 heterocycles. The first kappa shape index (κ1) is 22.3. The van der Waals surface area contributed by atoms with Crippen LogP contribution in [0.25, 0.3) is 10.9 Å². The fourth-order valence-corrected chi connectivity index (χ4v) is 6.59. The number of alkyl halides is 2. The van der Waals surface area contributed by atoms with Gasteiger partial charge in [0.15, 0.2) is 0 Å². The molecule has 1 fully saturated rings. The Bertz CT molecular complexity index is 1210. The Morgan fingerprint density at radius 3 is 2.67 bits per heavy atom. The number of fused-ring (bicyclic) bond motifs is 2. The van der Waals surface area contributed by atoms with Crippen LogP contribution in [0.15, 0.2) is 42.5 Å². The van der Waals surface area contributed by atoms with E-state index in [0.717, 1.165) is 10.9 Å². The van der Waals surface area contributed by atoms with Gasteiger partial charge in [0.2, 0.25) is 5.95 Å². The van der Waals surface area contributed by atoms with Gasteiger partial charge in [-0.3, -0.25) is 9.11 Å². The van der Waals surface area contributed by atoms with Crippen molar-refractivity contribution in [2.75, 3.05) is 34.8 Å². The molecule has 1 aromatic heterocycles. The number of hydrogen-bond acceptors (Lipinski definition) is 7. The second kappa shape index (κ2) is 7.76. The zero-order valence-corrected chi connectivity index (χ0v) is 19.1. The number of halogens is 2. The topological polar surface area (TPSA) is 108 Å². The Morgan fingerprint density at radius 2 is 1.91 bits per heavy atom. The van der Waals surface area contributed by atoms with E-state index in [1.54, 1.807) is 23.1 Å². The van der Waals surface area contributed by atoms with Gasteiger partial charge in [0.1, 0.15) is 5.82 Å². The molecule has 0 unspecified atom stereocenters. The lowest BCUT2D eigenvalue weighted by molar-refractivity contribution is -0.00969. The normalized spacial score (nSPS) is 21.6. The van der Waals surface area contributed by atoms with Crippen molar-refractivity contribution in [3.05, 3.63) is 59.2 Å². The zero-order valence-electron chi connectivity index (χ0n) is 18.3. The van der Waals surface area contributed by atoms with Crippen molar-refractivity contribution in [2.45, 2.75) is 31.4 Å². The Balaban J connectivity index is 1.50. The fourth-order valence-electron chi connectivity index (χ4n) is 4.63. The minimum absolute atomic E-state index is 0.0521. The molecular weight excluding hydrogens is 448 g/mol. The minimum atomic E-state index is -2.92. The molecule has 0 saturated carbocycles. The maximum Gasteiger partial charge on any atom is 0.275 e. The number of aryl methyl sites for hydroxylation is 1. The summed E-state index contributed by atoms with van der Waals surface area (Å²) < 4.78 is 49.0. The second-order valence-corrected chi connectivity index (χ2v) is 11.4. The third-order valence-electron chi connectivity index (χ3n) is 6.24. The molecule has 176 valence electrons. The smallest absolute Gasteiger partial charge is 0.275 e. The number of nitrogens with two attached hydrogens (primary N) is 1. The molecule has 2 aliphatic rings. The third kappa shape index (κ3) is 4.35. The van der Waals surface area contributed by atoms with Crippen LogP contribution in [-0.4, -0.2) is 49.2 Å². The Labute approximate surface area is 192 Å². The molecule has 7 nitrogen and oxygen atoms in total. The quantitative estimate of drug-likeness (QED) is 0.445. The molecule has 0 amide bonds. The van der Waals surface area contributed by atoms with E-state index in [0.29, 0.717) is 29.4 Å². The van der Waals surface area contributed by atoms with Crippen molar-refractivity contribution in [1.29, 1.82) is 0 Å². The number of hydrogen-bond donors (Lipinski definition) is 4. The largest absolute Gasteiger partial charge is 0.367 e. The summed E-state index contributed by atoms with van der Waals surface area (Å²) >= 11 is 0. The number of anilines is 2. The van der Waals surface area contributed by atoms with Gasteiger partial charge < -0.3 is 16.0 Å². The predicted octanol–water partition coefficient (Wildman–Crippen LogP) is 4.31. The van der Waals surface area contributed by atoms with Crippen molar-refractivity contribution < 1.29 is 17.9 Å². The van der Waals surface area contributed by atoms with Crippen molar-refractivity contribution >= 4 is 33.3 Å². The van der Waals surface area contributed by atoms with E-state index in [2.05, 4.69) is 10.3 Å². The highest BCUT2D eigenvalue weighted by Crippen LogP contribution is 2.53. The Morgan fingerprint density at radius 1 is 1.15 bits per heavy atom. The molecule has 0 radical (unpaired) electrons. The number of benzene rings is 2. The van der Waals surface area contributed by atoms with Crippen LogP contribution >= 0.6 is 10.6 Å². The maximum absolute atomic E-state index is 14.8. The van der Waals surface area contributed by atoms with Crippen molar-refractivity contribution in [2.24, 2.45) is 5.73 Å². The molecule has 1 saturated heterocycles. The van der Waals surface area contributed by atoms with Crippen LogP contribution in [0.5, 0.6) is 0 Å². The lowest BCUT2D eigenvalue weighted by Crippen LogP contribution is -2.62. The summed E-state index contributed by atoms with van der Waals surface area (Å²) in [4.78, 5) is 11.2. The van der Waals surface area contributed by atoms with Gasteiger partial charge >= 0.3 is 0 Å². The van der Waals surface area contributed by atoms with E-state index >= 15 is 0 Å². The van der Waals surface area contributed by atoms with Gasteiger partial charge in [0, 0.05) is 37.0 Å². The summed E-state index contributed by atoms with van der Waals surface area (Å²) in [5, 5.41) is 4.07. The van der Waals surface area contributed by atoms with Crippen molar-refractivity contribution in [1.82, 2.24) is 9.97 Å². The molecular formula is C23H27F2N5O2S. The van der Waals surface area contributed by atoms with E-state index in [1.807, 2.05) is 25.1 Å². The first-order valence-electron chi connectivity index (χ1n) is 10.8. The van der Waals surface area contributed by atoms with E-state index in [-0.39, 0.29) is 36.6 Å². The highest BCUT2D eigenvalue weighted by molar-refractivity contribution is 8.25. The Kier molecular flexibility index (Phi) is 5.24. The van der Waals surface area contributed by atoms with Gasteiger partial charge in [-0.2, -0.15) is 15.6 Å². The maximum atomic E-state index is 14.8. The first-order chi connectivity index (χ1) is 15.5. The van der Waals surface area contributed by atoms with Crippen LogP contribution in [0, 0.1) is 6.92 Å². The summed E-state index contributed by atoms with van der Waals surface area (Å²) in [5.41, 5.74) is 7.89. The number of nitrogens with one attached hydrogen (secondary N) is 1. The fraction of sp³-hybridized carbons (Fsp3) is 0.391. The summed E-state index contributed by atoms with van der Waals surface area (Å²) in [6, 6.07) is 12.4. The lowest BCUT2D eigenvalue weighted by atomic mass is 10.0.